The number of hydrogen-bond acceptors (Lipinski definition) is 5. The SMILES string of the molecule is CCOC(=O)c1ccnc(N(C)CC(F)(F)F)c1N. The molecular weight excluding hydrogens is 263 g/mol. The Morgan fingerprint density at radius 2 is 2.16 bits per heavy atom. The summed E-state index contributed by atoms with van der Waals surface area (Å²) in [4.78, 5) is 16.1. The van der Waals surface area contributed by atoms with E-state index in [1.165, 1.54) is 19.3 Å². The fourth-order valence-electron chi connectivity index (χ4n) is 1.50. The van der Waals surface area contributed by atoms with Gasteiger partial charge in [0.2, 0.25) is 0 Å². The standard InChI is InChI=1S/C11H14F3N3O2/c1-3-19-10(18)7-4-5-16-9(8(7)15)17(2)6-11(12,13)14/h4-5H,3,6,15H2,1-2H3. The Labute approximate surface area is 108 Å². The Balaban J connectivity index is 3.03. The van der Waals surface area contributed by atoms with Gasteiger partial charge in [-0.1, -0.05) is 0 Å². The van der Waals surface area contributed by atoms with Crippen molar-refractivity contribution in [3.8, 4) is 0 Å². The second-order valence-electron chi connectivity index (χ2n) is 3.79. The molecule has 2 N–H and O–H groups in total. The Morgan fingerprint density at radius 1 is 1.53 bits per heavy atom. The average molecular weight is 277 g/mol. The van der Waals surface area contributed by atoms with Crippen LogP contribution < -0.4 is 10.6 Å². The topological polar surface area (TPSA) is 68.5 Å². The van der Waals surface area contributed by atoms with Gasteiger partial charge < -0.3 is 15.4 Å². The van der Waals surface area contributed by atoms with E-state index in [0.717, 1.165) is 4.90 Å². The first-order valence-corrected chi connectivity index (χ1v) is 5.45. The molecule has 1 rings (SSSR count). The second-order valence-corrected chi connectivity index (χ2v) is 3.79. The quantitative estimate of drug-likeness (QED) is 0.850. The summed E-state index contributed by atoms with van der Waals surface area (Å²) in [5.74, 6) is -0.799. The van der Waals surface area contributed by atoms with Crippen molar-refractivity contribution < 1.29 is 22.7 Å². The summed E-state index contributed by atoms with van der Waals surface area (Å²) in [7, 11) is 1.20. The highest BCUT2D eigenvalue weighted by atomic mass is 19.4. The molecule has 106 valence electrons. The third-order valence-corrected chi connectivity index (χ3v) is 2.24. The molecule has 0 aliphatic rings. The number of rotatable bonds is 4. The minimum absolute atomic E-state index is 0.000810. The maximum absolute atomic E-state index is 12.3. The number of hydrogen-bond donors (Lipinski definition) is 1. The van der Waals surface area contributed by atoms with E-state index in [0.29, 0.717) is 0 Å². The molecule has 1 heterocycles. The Morgan fingerprint density at radius 3 is 2.68 bits per heavy atom. The Kier molecular flexibility index (Phi) is 4.57. The summed E-state index contributed by atoms with van der Waals surface area (Å²) >= 11 is 0. The van der Waals surface area contributed by atoms with Gasteiger partial charge in [-0.05, 0) is 13.0 Å². The van der Waals surface area contributed by atoms with Crippen LogP contribution >= 0.6 is 0 Å². The number of nitrogens with two attached hydrogens (primary N) is 1. The molecule has 0 saturated carbocycles. The van der Waals surface area contributed by atoms with E-state index in [9.17, 15) is 18.0 Å². The number of esters is 1. The first kappa shape index (κ1) is 15.1. The Bertz CT molecular complexity index is 463. The van der Waals surface area contributed by atoms with Gasteiger partial charge in [-0.15, -0.1) is 0 Å². The van der Waals surface area contributed by atoms with Crippen molar-refractivity contribution in [1.82, 2.24) is 4.98 Å². The van der Waals surface area contributed by atoms with Crippen molar-refractivity contribution in [2.75, 3.05) is 30.8 Å². The van der Waals surface area contributed by atoms with E-state index < -0.39 is 18.7 Å². The summed E-state index contributed by atoms with van der Waals surface area (Å²) in [6.45, 7) is 0.552. The van der Waals surface area contributed by atoms with Crippen molar-refractivity contribution in [2.24, 2.45) is 0 Å². The molecule has 0 saturated heterocycles. The second kappa shape index (κ2) is 5.77. The van der Waals surface area contributed by atoms with Crippen LogP contribution in [0.2, 0.25) is 0 Å². The van der Waals surface area contributed by atoms with Crippen LogP contribution in [0.25, 0.3) is 0 Å². The predicted molar refractivity (Wildman–Crippen MR) is 63.9 cm³/mol. The maximum Gasteiger partial charge on any atom is 0.405 e. The summed E-state index contributed by atoms with van der Waals surface area (Å²) in [6.07, 6.45) is -3.17. The molecular formula is C11H14F3N3O2. The average Bonchev–Trinajstić information content (AvgIpc) is 2.27. The summed E-state index contributed by atoms with van der Waals surface area (Å²) in [6, 6.07) is 1.30. The van der Waals surface area contributed by atoms with Crippen LogP contribution in [0.1, 0.15) is 17.3 Å². The molecule has 8 heteroatoms. The molecule has 0 unspecified atom stereocenters. The van der Waals surface area contributed by atoms with Crippen LogP contribution in [-0.2, 0) is 4.74 Å². The number of carbonyl (C=O) groups excluding carboxylic acids is 1. The number of aromatic nitrogens is 1. The fourth-order valence-corrected chi connectivity index (χ4v) is 1.50. The maximum atomic E-state index is 12.3. The molecule has 0 spiro atoms. The van der Waals surface area contributed by atoms with E-state index in [-0.39, 0.29) is 23.7 Å². The van der Waals surface area contributed by atoms with Crippen LogP contribution in [-0.4, -0.2) is 37.3 Å². The van der Waals surface area contributed by atoms with Gasteiger partial charge in [0.05, 0.1) is 17.9 Å². The number of nitrogen functional groups attached to an aromatic ring is 1. The van der Waals surface area contributed by atoms with Crippen molar-refractivity contribution in [3.63, 3.8) is 0 Å². The van der Waals surface area contributed by atoms with Gasteiger partial charge in [-0.3, -0.25) is 0 Å². The fraction of sp³-hybridized carbons (Fsp3) is 0.455. The zero-order valence-corrected chi connectivity index (χ0v) is 10.5. The normalized spacial score (nSPS) is 11.2. The number of anilines is 2. The van der Waals surface area contributed by atoms with Gasteiger partial charge in [-0.25, -0.2) is 9.78 Å². The van der Waals surface area contributed by atoms with E-state index in [1.807, 2.05) is 0 Å². The number of carbonyl (C=O) groups is 1. The minimum atomic E-state index is -4.39. The third kappa shape index (κ3) is 4.01. The van der Waals surface area contributed by atoms with E-state index in [2.05, 4.69) is 4.98 Å². The molecule has 0 bridgehead atoms. The molecule has 0 amide bonds. The molecule has 0 fully saturated rings. The molecule has 0 aliphatic heterocycles. The molecule has 0 radical (unpaired) electrons. The van der Waals surface area contributed by atoms with E-state index in [1.54, 1.807) is 6.92 Å². The molecule has 5 nitrogen and oxygen atoms in total. The zero-order chi connectivity index (χ0) is 14.6. The summed E-state index contributed by atoms with van der Waals surface area (Å²) < 4.78 is 41.7. The zero-order valence-electron chi connectivity index (χ0n) is 10.5. The third-order valence-electron chi connectivity index (χ3n) is 2.24. The molecule has 0 atom stereocenters. The lowest BCUT2D eigenvalue weighted by Crippen LogP contribution is -2.32. The van der Waals surface area contributed by atoms with Crippen LogP contribution in [0.15, 0.2) is 12.3 Å². The number of nitrogens with zero attached hydrogens (tertiary/aromatic N) is 2. The van der Waals surface area contributed by atoms with Gasteiger partial charge >= 0.3 is 12.1 Å². The predicted octanol–water partition coefficient (Wildman–Crippen LogP) is 1.84. The van der Waals surface area contributed by atoms with Gasteiger partial charge in [-0.2, -0.15) is 13.2 Å². The number of halogens is 3. The van der Waals surface area contributed by atoms with Gasteiger partial charge in [0, 0.05) is 13.2 Å². The van der Waals surface area contributed by atoms with Crippen LogP contribution in [0.3, 0.4) is 0 Å². The van der Waals surface area contributed by atoms with Crippen molar-refractivity contribution in [3.05, 3.63) is 17.8 Å². The van der Waals surface area contributed by atoms with E-state index >= 15 is 0 Å². The number of pyridine rings is 1. The van der Waals surface area contributed by atoms with Crippen molar-refractivity contribution in [2.45, 2.75) is 13.1 Å². The highest BCUT2D eigenvalue weighted by Gasteiger charge is 2.31. The van der Waals surface area contributed by atoms with Crippen molar-refractivity contribution >= 4 is 17.5 Å². The number of ether oxygens (including phenoxy) is 1. The van der Waals surface area contributed by atoms with Crippen molar-refractivity contribution in [1.29, 1.82) is 0 Å². The number of alkyl halides is 3. The van der Waals surface area contributed by atoms with Crippen LogP contribution in [0.4, 0.5) is 24.7 Å². The molecule has 0 aliphatic carbocycles. The van der Waals surface area contributed by atoms with Gasteiger partial charge in [0.15, 0.2) is 5.82 Å². The monoisotopic (exact) mass is 277 g/mol. The Hall–Kier alpha value is -1.99. The summed E-state index contributed by atoms with van der Waals surface area (Å²) in [5, 5.41) is 0. The molecule has 0 aromatic carbocycles. The molecule has 19 heavy (non-hydrogen) atoms. The first-order chi connectivity index (χ1) is 8.76. The first-order valence-electron chi connectivity index (χ1n) is 5.45. The van der Waals surface area contributed by atoms with E-state index in [4.69, 9.17) is 10.5 Å². The van der Waals surface area contributed by atoms with Crippen LogP contribution in [0.5, 0.6) is 0 Å². The lowest BCUT2D eigenvalue weighted by molar-refractivity contribution is -0.119. The molecule has 1 aromatic rings. The smallest absolute Gasteiger partial charge is 0.405 e. The lowest BCUT2D eigenvalue weighted by atomic mass is 10.2. The molecule has 1 aromatic heterocycles. The van der Waals surface area contributed by atoms with Crippen LogP contribution in [0, 0.1) is 0 Å². The highest BCUT2D eigenvalue weighted by Crippen LogP contribution is 2.26. The summed E-state index contributed by atoms with van der Waals surface area (Å²) in [5.41, 5.74) is 5.53. The lowest BCUT2D eigenvalue weighted by Gasteiger charge is -2.21. The largest absolute Gasteiger partial charge is 0.462 e. The van der Waals surface area contributed by atoms with Gasteiger partial charge in [0.1, 0.15) is 6.54 Å². The van der Waals surface area contributed by atoms with Gasteiger partial charge in [0.25, 0.3) is 0 Å². The highest BCUT2D eigenvalue weighted by molar-refractivity contribution is 5.97. The minimum Gasteiger partial charge on any atom is -0.462 e.